The van der Waals surface area contributed by atoms with Crippen LogP contribution in [-0.4, -0.2) is 18.1 Å². The maximum Gasteiger partial charge on any atom is 0.133 e. The maximum absolute atomic E-state index is 4.98. The van der Waals surface area contributed by atoms with E-state index in [9.17, 15) is 0 Å². The molecular weight excluding hydrogens is 364 g/mol. The summed E-state index contributed by atoms with van der Waals surface area (Å²) in [5.74, 6) is 1.31. The number of hydrogen-bond donors (Lipinski definition) is 1. The first-order valence-electron chi connectivity index (χ1n) is 7.59. The molecule has 0 spiro atoms. The van der Waals surface area contributed by atoms with Crippen molar-refractivity contribution < 1.29 is 0 Å². The van der Waals surface area contributed by atoms with Gasteiger partial charge in [-0.05, 0) is 59.8 Å². The van der Waals surface area contributed by atoms with Gasteiger partial charge in [-0.15, -0.1) is 22.7 Å². The summed E-state index contributed by atoms with van der Waals surface area (Å²) in [5.41, 5.74) is 1.36. The van der Waals surface area contributed by atoms with Crippen LogP contribution in [0.25, 0.3) is 9.88 Å². The fraction of sp³-hybridized carbons (Fsp3) is 0.562. The van der Waals surface area contributed by atoms with E-state index in [0.717, 1.165) is 13.1 Å². The van der Waals surface area contributed by atoms with E-state index in [0.29, 0.717) is 11.8 Å². The molecule has 21 heavy (non-hydrogen) atoms. The van der Waals surface area contributed by atoms with Gasteiger partial charge in [0, 0.05) is 17.3 Å². The highest BCUT2D eigenvalue weighted by atomic mass is 79.9. The summed E-state index contributed by atoms with van der Waals surface area (Å²) in [5, 5.41) is 4.81. The zero-order valence-electron chi connectivity index (χ0n) is 12.5. The first kappa shape index (κ1) is 15.7. The average Bonchev–Trinajstić information content (AvgIpc) is 3.04. The molecule has 2 heterocycles. The van der Waals surface area contributed by atoms with Gasteiger partial charge < -0.3 is 5.32 Å². The van der Waals surface area contributed by atoms with Gasteiger partial charge in [-0.25, -0.2) is 4.98 Å². The van der Waals surface area contributed by atoms with Gasteiger partial charge in [0.05, 0.1) is 14.4 Å². The van der Waals surface area contributed by atoms with Crippen molar-refractivity contribution in [2.24, 2.45) is 5.92 Å². The van der Waals surface area contributed by atoms with E-state index < -0.39 is 0 Å². The zero-order chi connectivity index (χ0) is 14.8. The standard InChI is InChI=1S/C16H21BrN2S2/c1-10(2)8-18-9-11-4-3-5-12-15(11)19-16(21-12)13-6-7-14(17)20-13/h6-7,10-11,18H,3-5,8-9H2,1-2H3. The van der Waals surface area contributed by atoms with Crippen LogP contribution < -0.4 is 5.32 Å². The van der Waals surface area contributed by atoms with Crippen LogP contribution >= 0.6 is 38.6 Å². The normalized spacial score (nSPS) is 18.2. The monoisotopic (exact) mass is 384 g/mol. The first-order valence-corrected chi connectivity index (χ1v) is 10.0. The minimum atomic E-state index is 0.598. The number of halogens is 1. The highest BCUT2D eigenvalue weighted by Gasteiger charge is 2.25. The third kappa shape index (κ3) is 3.76. The van der Waals surface area contributed by atoms with Crippen molar-refractivity contribution in [3.05, 3.63) is 26.5 Å². The molecule has 0 aromatic carbocycles. The van der Waals surface area contributed by atoms with Crippen LogP contribution in [0.1, 0.15) is 43.2 Å². The SMILES string of the molecule is CC(C)CNCC1CCCc2sc(-c3ccc(Br)s3)nc21. The van der Waals surface area contributed by atoms with Gasteiger partial charge in [-0.2, -0.15) is 0 Å². The molecule has 0 saturated carbocycles. The van der Waals surface area contributed by atoms with Crippen LogP contribution in [0.4, 0.5) is 0 Å². The number of aromatic nitrogens is 1. The van der Waals surface area contributed by atoms with Crippen LogP contribution in [0.15, 0.2) is 15.9 Å². The summed E-state index contributed by atoms with van der Waals surface area (Å²) in [6, 6.07) is 4.28. The molecule has 0 aliphatic heterocycles. The van der Waals surface area contributed by atoms with Crippen LogP contribution in [-0.2, 0) is 6.42 Å². The van der Waals surface area contributed by atoms with Gasteiger partial charge in [0.1, 0.15) is 5.01 Å². The number of nitrogens with one attached hydrogen (secondary N) is 1. The lowest BCUT2D eigenvalue weighted by molar-refractivity contribution is 0.473. The third-order valence-corrected chi connectivity index (χ3v) is 6.72. The molecule has 0 fully saturated rings. The molecule has 1 aliphatic carbocycles. The molecule has 2 aromatic heterocycles. The Labute approximate surface area is 143 Å². The van der Waals surface area contributed by atoms with Gasteiger partial charge >= 0.3 is 0 Å². The Hall–Kier alpha value is -0.230. The molecule has 2 nitrogen and oxygen atoms in total. The van der Waals surface area contributed by atoms with Crippen LogP contribution in [0.3, 0.4) is 0 Å². The Morgan fingerprint density at radius 3 is 2.95 bits per heavy atom. The van der Waals surface area contributed by atoms with Crippen molar-refractivity contribution in [3.63, 3.8) is 0 Å². The van der Waals surface area contributed by atoms with Crippen molar-refractivity contribution in [1.82, 2.24) is 10.3 Å². The van der Waals surface area contributed by atoms with Gasteiger partial charge in [-0.3, -0.25) is 0 Å². The fourth-order valence-electron chi connectivity index (χ4n) is 2.79. The molecular formula is C16H21BrN2S2. The number of aryl methyl sites for hydroxylation is 1. The fourth-order valence-corrected chi connectivity index (χ4v) is 5.42. The number of nitrogens with zero attached hydrogens (tertiary/aromatic N) is 1. The Kier molecular flexibility index (Phi) is 5.15. The van der Waals surface area contributed by atoms with E-state index in [1.165, 1.54) is 43.5 Å². The second-order valence-electron chi connectivity index (χ2n) is 6.07. The molecule has 3 rings (SSSR count). The zero-order valence-corrected chi connectivity index (χ0v) is 15.7. The molecule has 1 atom stereocenters. The summed E-state index contributed by atoms with van der Waals surface area (Å²) in [4.78, 5) is 7.78. The number of rotatable bonds is 5. The predicted octanol–water partition coefficient (Wildman–Crippen LogP) is 5.30. The maximum atomic E-state index is 4.98. The summed E-state index contributed by atoms with van der Waals surface area (Å²) in [6.45, 7) is 6.69. The van der Waals surface area contributed by atoms with E-state index in [-0.39, 0.29) is 0 Å². The van der Waals surface area contributed by atoms with Gasteiger partial charge in [0.2, 0.25) is 0 Å². The van der Waals surface area contributed by atoms with E-state index in [2.05, 4.69) is 47.2 Å². The minimum Gasteiger partial charge on any atom is -0.316 e. The summed E-state index contributed by atoms with van der Waals surface area (Å²) >= 11 is 7.22. The average molecular weight is 385 g/mol. The lowest BCUT2D eigenvalue weighted by Gasteiger charge is -2.22. The molecule has 1 aliphatic rings. The Bertz CT molecular complexity index is 603. The Balaban J connectivity index is 1.76. The summed E-state index contributed by atoms with van der Waals surface area (Å²) in [7, 11) is 0. The van der Waals surface area contributed by atoms with Gasteiger partial charge in [-0.1, -0.05) is 13.8 Å². The number of fused-ring (bicyclic) bond motifs is 1. The van der Waals surface area contributed by atoms with Crippen LogP contribution in [0.2, 0.25) is 0 Å². The molecule has 0 radical (unpaired) electrons. The van der Waals surface area contributed by atoms with Crippen molar-refractivity contribution in [2.45, 2.75) is 39.0 Å². The quantitative estimate of drug-likeness (QED) is 0.756. The lowest BCUT2D eigenvalue weighted by Crippen LogP contribution is -2.27. The first-order chi connectivity index (χ1) is 10.1. The Morgan fingerprint density at radius 1 is 1.38 bits per heavy atom. The molecule has 1 N–H and O–H groups in total. The van der Waals surface area contributed by atoms with Crippen molar-refractivity contribution >= 4 is 38.6 Å². The van der Waals surface area contributed by atoms with Gasteiger partial charge in [0.25, 0.3) is 0 Å². The topological polar surface area (TPSA) is 24.9 Å². The predicted molar refractivity (Wildman–Crippen MR) is 96.5 cm³/mol. The van der Waals surface area contributed by atoms with Gasteiger partial charge in [0.15, 0.2) is 0 Å². The van der Waals surface area contributed by atoms with Crippen molar-refractivity contribution in [1.29, 1.82) is 0 Å². The van der Waals surface area contributed by atoms with Crippen molar-refractivity contribution in [2.75, 3.05) is 13.1 Å². The third-order valence-electron chi connectivity index (χ3n) is 3.80. The van der Waals surface area contributed by atoms with Crippen LogP contribution in [0, 0.1) is 5.92 Å². The summed E-state index contributed by atoms with van der Waals surface area (Å²) < 4.78 is 1.18. The molecule has 114 valence electrons. The molecule has 0 amide bonds. The Morgan fingerprint density at radius 2 is 2.24 bits per heavy atom. The van der Waals surface area contributed by atoms with Crippen molar-refractivity contribution in [3.8, 4) is 9.88 Å². The molecule has 5 heteroatoms. The number of thiazole rings is 1. The van der Waals surface area contributed by atoms with E-state index in [1.807, 2.05) is 11.3 Å². The number of hydrogen-bond acceptors (Lipinski definition) is 4. The van der Waals surface area contributed by atoms with E-state index >= 15 is 0 Å². The molecule has 0 bridgehead atoms. The van der Waals surface area contributed by atoms with Crippen LogP contribution in [0.5, 0.6) is 0 Å². The molecule has 0 saturated heterocycles. The smallest absolute Gasteiger partial charge is 0.133 e. The highest BCUT2D eigenvalue weighted by Crippen LogP contribution is 2.40. The largest absolute Gasteiger partial charge is 0.316 e. The minimum absolute atomic E-state index is 0.598. The molecule has 1 unspecified atom stereocenters. The molecule has 2 aromatic rings. The van der Waals surface area contributed by atoms with E-state index in [1.54, 1.807) is 11.3 Å². The second kappa shape index (κ2) is 6.90. The van der Waals surface area contributed by atoms with E-state index in [4.69, 9.17) is 4.98 Å². The second-order valence-corrected chi connectivity index (χ2v) is 9.62. The lowest BCUT2D eigenvalue weighted by atomic mass is 9.91. The number of thiophene rings is 1. The highest BCUT2D eigenvalue weighted by molar-refractivity contribution is 9.11. The summed E-state index contributed by atoms with van der Waals surface area (Å²) in [6.07, 6.45) is 3.78.